The van der Waals surface area contributed by atoms with E-state index >= 15 is 0 Å². The predicted molar refractivity (Wildman–Crippen MR) is 95.9 cm³/mol. The van der Waals surface area contributed by atoms with Crippen molar-refractivity contribution < 1.29 is 9.53 Å². The zero-order valence-electron chi connectivity index (χ0n) is 13.1. The van der Waals surface area contributed by atoms with Crippen LogP contribution in [0.4, 0.5) is 4.79 Å². The van der Waals surface area contributed by atoms with Crippen LogP contribution in [-0.2, 0) is 12.8 Å². The summed E-state index contributed by atoms with van der Waals surface area (Å²) in [4.78, 5) is 11.8. The lowest BCUT2D eigenvalue weighted by Crippen LogP contribution is -2.37. The van der Waals surface area contributed by atoms with Crippen molar-refractivity contribution in [3.8, 4) is 5.75 Å². The summed E-state index contributed by atoms with van der Waals surface area (Å²) in [6, 6.07) is 15.7. The van der Waals surface area contributed by atoms with E-state index in [9.17, 15) is 4.79 Å². The van der Waals surface area contributed by atoms with E-state index in [0.29, 0.717) is 13.1 Å². The van der Waals surface area contributed by atoms with Crippen LogP contribution in [0.3, 0.4) is 0 Å². The molecule has 0 saturated carbocycles. The van der Waals surface area contributed by atoms with E-state index in [4.69, 9.17) is 4.74 Å². The maximum atomic E-state index is 11.8. The van der Waals surface area contributed by atoms with Gasteiger partial charge in [0.05, 0.1) is 7.11 Å². The summed E-state index contributed by atoms with van der Waals surface area (Å²) in [6.07, 6.45) is 1.57. The van der Waals surface area contributed by atoms with Crippen molar-refractivity contribution in [2.24, 2.45) is 0 Å². The van der Waals surface area contributed by atoms with Crippen LogP contribution in [-0.4, -0.2) is 26.2 Å². The molecule has 0 spiro atoms. The molecule has 0 saturated heterocycles. The highest BCUT2D eigenvalue weighted by atomic mass is 79.9. The molecule has 2 rings (SSSR count). The van der Waals surface area contributed by atoms with Gasteiger partial charge in [-0.1, -0.05) is 46.3 Å². The van der Waals surface area contributed by atoms with E-state index in [-0.39, 0.29) is 6.03 Å². The molecule has 0 aromatic heterocycles. The van der Waals surface area contributed by atoms with Crippen molar-refractivity contribution in [3.63, 3.8) is 0 Å². The minimum Gasteiger partial charge on any atom is -0.497 e. The number of carbonyl (C=O) groups is 1. The molecule has 0 fully saturated rings. The van der Waals surface area contributed by atoms with Crippen LogP contribution in [0.15, 0.2) is 53.0 Å². The Morgan fingerprint density at radius 1 is 1.04 bits per heavy atom. The summed E-state index contributed by atoms with van der Waals surface area (Å²) >= 11 is 3.50. The lowest BCUT2D eigenvalue weighted by atomic mass is 10.1. The van der Waals surface area contributed by atoms with E-state index < -0.39 is 0 Å². The molecule has 0 heterocycles. The van der Waals surface area contributed by atoms with Gasteiger partial charge in [0, 0.05) is 17.6 Å². The first-order valence-corrected chi connectivity index (χ1v) is 8.36. The minimum absolute atomic E-state index is 0.139. The summed E-state index contributed by atoms with van der Waals surface area (Å²) < 4.78 is 6.25. The lowest BCUT2D eigenvalue weighted by molar-refractivity contribution is 0.241. The zero-order chi connectivity index (χ0) is 16.5. The van der Waals surface area contributed by atoms with Gasteiger partial charge in [-0.05, 0) is 42.2 Å². The van der Waals surface area contributed by atoms with E-state index in [1.165, 1.54) is 5.56 Å². The van der Waals surface area contributed by atoms with Gasteiger partial charge >= 0.3 is 6.03 Å². The van der Waals surface area contributed by atoms with Crippen molar-refractivity contribution in [3.05, 3.63) is 64.1 Å². The largest absolute Gasteiger partial charge is 0.497 e. The number of hydrogen-bond donors (Lipinski definition) is 2. The third-order valence-electron chi connectivity index (χ3n) is 3.47. The number of hydrogen-bond acceptors (Lipinski definition) is 2. The monoisotopic (exact) mass is 376 g/mol. The fraction of sp³-hybridized carbons (Fsp3) is 0.278. The number of nitrogens with one attached hydrogen (secondary N) is 2. The Bertz CT molecular complexity index is 646. The van der Waals surface area contributed by atoms with Crippen molar-refractivity contribution in [1.82, 2.24) is 10.6 Å². The van der Waals surface area contributed by atoms with E-state index in [0.717, 1.165) is 28.6 Å². The van der Waals surface area contributed by atoms with E-state index in [1.54, 1.807) is 7.11 Å². The lowest BCUT2D eigenvalue weighted by Gasteiger charge is -2.09. The molecule has 0 aliphatic rings. The molecule has 0 aliphatic heterocycles. The van der Waals surface area contributed by atoms with Crippen LogP contribution in [0.25, 0.3) is 0 Å². The third kappa shape index (κ3) is 5.94. The molecule has 0 atom stereocenters. The fourth-order valence-corrected chi connectivity index (χ4v) is 2.71. The molecule has 0 aliphatic carbocycles. The normalized spacial score (nSPS) is 10.2. The van der Waals surface area contributed by atoms with Gasteiger partial charge in [0.25, 0.3) is 0 Å². The Morgan fingerprint density at radius 3 is 2.52 bits per heavy atom. The third-order valence-corrected chi connectivity index (χ3v) is 4.24. The standard InChI is InChI=1S/C18H21BrN2O2/c1-23-16-7-4-5-14(13-16)9-11-20-18(22)21-12-10-15-6-2-3-8-17(15)19/h2-8,13H,9-12H2,1H3,(H2,20,21,22). The first-order chi connectivity index (χ1) is 11.2. The number of urea groups is 1. The van der Waals surface area contributed by atoms with Gasteiger partial charge < -0.3 is 15.4 Å². The summed E-state index contributed by atoms with van der Waals surface area (Å²) in [5, 5.41) is 5.74. The maximum absolute atomic E-state index is 11.8. The average Bonchev–Trinajstić information content (AvgIpc) is 2.57. The summed E-state index contributed by atoms with van der Waals surface area (Å²) in [5.74, 6) is 0.834. The van der Waals surface area contributed by atoms with Gasteiger partial charge in [-0.15, -0.1) is 0 Å². The topological polar surface area (TPSA) is 50.4 Å². The molecular formula is C18H21BrN2O2. The summed E-state index contributed by atoms with van der Waals surface area (Å²) in [5.41, 5.74) is 2.32. The number of halogens is 1. The molecule has 4 nitrogen and oxygen atoms in total. The Kier molecular flexibility index (Phi) is 6.94. The van der Waals surface area contributed by atoms with Crippen molar-refractivity contribution in [1.29, 1.82) is 0 Å². The number of rotatable bonds is 7. The van der Waals surface area contributed by atoms with E-state index in [1.807, 2.05) is 48.5 Å². The van der Waals surface area contributed by atoms with Crippen LogP contribution < -0.4 is 15.4 Å². The molecule has 5 heteroatoms. The maximum Gasteiger partial charge on any atom is 0.314 e. The second-order valence-corrected chi connectivity index (χ2v) is 5.98. The molecule has 2 aromatic carbocycles. The Balaban J connectivity index is 1.66. The number of methoxy groups -OCH3 is 1. The zero-order valence-corrected chi connectivity index (χ0v) is 14.7. The molecular weight excluding hydrogens is 356 g/mol. The van der Waals surface area contributed by atoms with Gasteiger partial charge in [-0.3, -0.25) is 0 Å². The van der Waals surface area contributed by atoms with Gasteiger partial charge in [0.1, 0.15) is 5.75 Å². The smallest absolute Gasteiger partial charge is 0.314 e. The Labute approximate surface area is 145 Å². The van der Waals surface area contributed by atoms with Crippen LogP contribution in [0.5, 0.6) is 5.75 Å². The molecule has 23 heavy (non-hydrogen) atoms. The number of amides is 2. The average molecular weight is 377 g/mol. The first kappa shape index (κ1) is 17.3. The van der Waals surface area contributed by atoms with Crippen LogP contribution in [0, 0.1) is 0 Å². The van der Waals surface area contributed by atoms with Gasteiger partial charge in [0.2, 0.25) is 0 Å². The highest BCUT2D eigenvalue weighted by Crippen LogP contribution is 2.15. The summed E-state index contributed by atoms with van der Waals surface area (Å²) in [6.45, 7) is 1.20. The molecule has 2 aromatic rings. The van der Waals surface area contributed by atoms with Crippen LogP contribution in [0.1, 0.15) is 11.1 Å². The SMILES string of the molecule is COc1cccc(CCNC(=O)NCCc2ccccc2Br)c1. The highest BCUT2D eigenvalue weighted by Gasteiger charge is 2.02. The molecule has 2 amide bonds. The van der Waals surface area contributed by atoms with Crippen LogP contribution in [0.2, 0.25) is 0 Å². The van der Waals surface area contributed by atoms with Crippen molar-refractivity contribution >= 4 is 22.0 Å². The molecule has 2 N–H and O–H groups in total. The number of ether oxygens (including phenoxy) is 1. The Morgan fingerprint density at radius 2 is 1.78 bits per heavy atom. The highest BCUT2D eigenvalue weighted by molar-refractivity contribution is 9.10. The minimum atomic E-state index is -0.139. The quantitative estimate of drug-likeness (QED) is 0.776. The summed E-state index contributed by atoms with van der Waals surface area (Å²) in [7, 11) is 1.65. The van der Waals surface area contributed by atoms with Gasteiger partial charge in [0.15, 0.2) is 0 Å². The van der Waals surface area contributed by atoms with Crippen molar-refractivity contribution in [2.45, 2.75) is 12.8 Å². The van der Waals surface area contributed by atoms with Gasteiger partial charge in [-0.25, -0.2) is 4.79 Å². The van der Waals surface area contributed by atoms with Gasteiger partial charge in [-0.2, -0.15) is 0 Å². The second-order valence-electron chi connectivity index (χ2n) is 5.13. The second kappa shape index (κ2) is 9.20. The molecule has 0 bridgehead atoms. The van der Waals surface area contributed by atoms with Crippen molar-refractivity contribution in [2.75, 3.05) is 20.2 Å². The molecule has 0 unspecified atom stereocenters. The fourth-order valence-electron chi connectivity index (χ4n) is 2.22. The first-order valence-electron chi connectivity index (χ1n) is 7.57. The Hall–Kier alpha value is -2.01. The van der Waals surface area contributed by atoms with E-state index in [2.05, 4.69) is 26.6 Å². The predicted octanol–water partition coefficient (Wildman–Crippen LogP) is 3.54. The number of carbonyl (C=O) groups excluding carboxylic acids is 1. The van der Waals surface area contributed by atoms with Crippen LogP contribution >= 0.6 is 15.9 Å². The molecule has 0 radical (unpaired) electrons. The number of benzene rings is 2. The molecule has 122 valence electrons.